The third-order valence-electron chi connectivity index (χ3n) is 5.68. The van der Waals surface area contributed by atoms with Gasteiger partial charge in [0.05, 0.1) is 13.2 Å². The summed E-state index contributed by atoms with van der Waals surface area (Å²) in [6.45, 7) is 4.80. The lowest BCUT2D eigenvalue weighted by molar-refractivity contribution is -0.114. The maximum atomic E-state index is 12.6. The molecule has 1 heterocycles. The van der Waals surface area contributed by atoms with Gasteiger partial charge in [0.2, 0.25) is 5.91 Å². The summed E-state index contributed by atoms with van der Waals surface area (Å²) in [5.41, 5.74) is 2.53. The first-order valence-corrected chi connectivity index (χ1v) is 11.3. The van der Waals surface area contributed by atoms with Gasteiger partial charge in [0, 0.05) is 49.2 Å². The number of nitrogens with one attached hydrogen (secondary N) is 3. The number of carbonyl (C=O) groups is 3. The Morgan fingerprint density at radius 1 is 0.939 bits per heavy atom. The van der Waals surface area contributed by atoms with Crippen molar-refractivity contribution >= 4 is 29.1 Å². The van der Waals surface area contributed by atoms with Crippen molar-refractivity contribution in [2.75, 3.05) is 50.5 Å². The van der Waals surface area contributed by atoms with Crippen LogP contribution in [-0.2, 0) is 9.53 Å². The van der Waals surface area contributed by atoms with E-state index in [1.807, 2.05) is 17.0 Å². The molecule has 33 heavy (non-hydrogen) atoms. The molecule has 3 amide bonds. The summed E-state index contributed by atoms with van der Waals surface area (Å²) in [4.78, 5) is 38.8. The largest absolute Gasteiger partial charge is 0.383 e. The molecule has 0 radical (unpaired) electrons. The Balaban J connectivity index is 1.44. The van der Waals surface area contributed by atoms with Gasteiger partial charge in [-0.05, 0) is 67.3 Å². The molecule has 1 aliphatic heterocycles. The normalized spacial score (nSPS) is 13.9. The molecule has 0 bridgehead atoms. The Labute approximate surface area is 194 Å². The number of likely N-dealkylation sites (tertiary alicyclic amines) is 1. The van der Waals surface area contributed by atoms with E-state index in [2.05, 4.69) is 22.9 Å². The van der Waals surface area contributed by atoms with Crippen molar-refractivity contribution < 1.29 is 19.1 Å². The number of anilines is 2. The first kappa shape index (κ1) is 24.3. The van der Waals surface area contributed by atoms with Gasteiger partial charge >= 0.3 is 0 Å². The SMILES string of the molecule is COCCNC(=O)c1ccc(NC(=O)CNc2ccc(C(=O)N3CCC(C)CC3)cc2)cc1. The summed E-state index contributed by atoms with van der Waals surface area (Å²) in [6.07, 6.45) is 2.09. The van der Waals surface area contributed by atoms with Gasteiger partial charge in [-0.25, -0.2) is 0 Å². The van der Waals surface area contributed by atoms with E-state index in [0.29, 0.717) is 35.9 Å². The molecule has 176 valence electrons. The maximum absolute atomic E-state index is 12.6. The van der Waals surface area contributed by atoms with Crippen LogP contribution in [0.1, 0.15) is 40.5 Å². The van der Waals surface area contributed by atoms with Crippen molar-refractivity contribution in [1.82, 2.24) is 10.2 Å². The molecule has 1 saturated heterocycles. The highest BCUT2D eigenvalue weighted by molar-refractivity contribution is 5.97. The van der Waals surface area contributed by atoms with Gasteiger partial charge in [0.1, 0.15) is 0 Å². The highest BCUT2D eigenvalue weighted by Crippen LogP contribution is 2.19. The monoisotopic (exact) mass is 452 g/mol. The van der Waals surface area contributed by atoms with E-state index in [1.165, 1.54) is 0 Å². The second-order valence-electron chi connectivity index (χ2n) is 8.28. The summed E-state index contributed by atoms with van der Waals surface area (Å²) in [5, 5.41) is 8.60. The Morgan fingerprint density at radius 2 is 1.55 bits per heavy atom. The summed E-state index contributed by atoms with van der Waals surface area (Å²) < 4.78 is 4.91. The van der Waals surface area contributed by atoms with Crippen molar-refractivity contribution in [3.63, 3.8) is 0 Å². The maximum Gasteiger partial charge on any atom is 0.253 e. The minimum Gasteiger partial charge on any atom is -0.383 e. The molecular weight excluding hydrogens is 420 g/mol. The molecule has 8 heteroatoms. The van der Waals surface area contributed by atoms with E-state index in [9.17, 15) is 14.4 Å². The topological polar surface area (TPSA) is 99.8 Å². The van der Waals surface area contributed by atoms with Crippen LogP contribution in [0, 0.1) is 5.92 Å². The number of benzene rings is 2. The molecule has 0 aromatic heterocycles. The average molecular weight is 453 g/mol. The molecule has 8 nitrogen and oxygen atoms in total. The third-order valence-corrected chi connectivity index (χ3v) is 5.68. The van der Waals surface area contributed by atoms with Gasteiger partial charge in [0.25, 0.3) is 11.8 Å². The van der Waals surface area contributed by atoms with Gasteiger partial charge < -0.3 is 25.6 Å². The highest BCUT2D eigenvalue weighted by Gasteiger charge is 2.21. The fourth-order valence-electron chi connectivity index (χ4n) is 3.59. The number of amides is 3. The third kappa shape index (κ3) is 7.32. The first-order valence-electron chi connectivity index (χ1n) is 11.3. The molecule has 3 rings (SSSR count). The molecule has 0 atom stereocenters. The standard InChI is InChI=1S/C25H32N4O4/c1-18-11-14-29(15-12-18)25(32)20-5-7-21(8-6-20)27-17-23(30)28-22-9-3-19(4-10-22)24(31)26-13-16-33-2/h3-10,18,27H,11-17H2,1-2H3,(H,26,31)(H,28,30). The van der Waals surface area contributed by atoms with Gasteiger partial charge in [-0.3, -0.25) is 14.4 Å². The van der Waals surface area contributed by atoms with Crippen LogP contribution in [0.3, 0.4) is 0 Å². The molecule has 3 N–H and O–H groups in total. The second-order valence-corrected chi connectivity index (χ2v) is 8.28. The Morgan fingerprint density at radius 3 is 2.18 bits per heavy atom. The van der Waals surface area contributed by atoms with Crippen LogP contribution in [0.15, 0.2) is 48.5 Å². The van der Waals surface area contributed by atoms with Crippen LogP contribution in [0.5, 0.6) is 0 Å². The summed E-state index contributed by atoms with van der Waals surface area (Å²) in [5.74, 6) is 0.329. The predicted octanol–water partition coefficient (Wildman–Crippen LogP) is 2.99. The van der Waals surface area contributed by atoms with Crippen LogP contribution in [-0.4, -0.2) is 62.5 Å². The minimum atomic E-state index is -0.213. The zero-order chi connectivity index (χ0) is 23.6. The zero-order valence-electron chi connectivity index (χ0n) is 19.2. The fraction of sp³-hybridized carbons (Fsp3) is 0.400. The molecule has 1 fully saturated rings. The number of rotatable bonds is 9. The van der Waals surface area contributed by atoms with E-state index in [-0.39, 0.29) is 24.3 Å². The minimum absolute atomic E-state index is 0.0574. The average Bonchev–Trinajstić information content (AvgIpc) is 2.83. The van der Waals surface area contributed by atoms with Crippen molar-refractivity contribution in [2.45, 2.75) is 19.8 Å². The number of ether oxygens (including phenoxy) is 1. The first-order chi connectivity index (χ1) is 16.0. The molecule has 0 aliphatic carbocycles. The zero-order valence-corrected chi connectivity index (χ0v) is 19.2. The van der Waals surface area contributed by atoms with Crippen molar-refractivity contribution in [2.24, 2.45) is 5.92 Å². The lowest BCUT2D eigenvalue weighted by Gasteiger charge is -2.30. The van der Waals surface area contributed by atoms with Gasteiger partial charge in [-0.1, -0.05) is 6.92 Å². The molecule has 0 spiro atoms. The van der Waals surface area contributed by atoms with E-state index < -0.39 is 0 Å². The van der Waals surface area contributed by atoms with Crippen molar-refractivity contribution in [3.05, 3.63) is 59.7 Å². The number of carbonyl (C=O) groups excluding carboxylic acids is 3. The van der Waals surface area contributed by atoms with Crippen LogP contribution in [0.2, 0.25) is 0 Å². The molecular formula is C25H32N4O4. The lowest BCUT2D eigenvalue weighted by Crippen LogP contribution is -2.37. The summed E-state index contributed by atoms with van der Waals surface area (Å²) in [7, 11) is 1.57. The smallest absolute Gasteiger partial charge is 0.253 e. The number of hydrogen-bond acceptors (Lipinski definition) is 5. The van der Waals surface area contributed by atoms with Gasteiger partial charge in [-0.2, -0.15) is 0 Å². The Kier molecular flexibility index (Phi) is 8.83. The second kappa shape index (κ2) is 12.0. The van der Waals surface area contributed by atoms with E-state index in [0.717, 1.165) is 31.6 Å². The summed E-state index contributed by atoms with van der Waals surface area (Å²) >= 11 is 0. The quantitative estimate of drug-likeness (QED) is 0.508. The number of piperidine rings is 1. The molecule has 2 aromatic carbocycles. The van der Waals surface area contributed by atoms with E-state index >= 15 is 0 Å². The number of methoxy groups -OCH3 is 1. The van der Waals surface area contributed by atoms with E-state index in [4.69, 9.17) is 4.74 Å². The van der Waals surface area contributed by atoms with Gasteiger partial charge in [-0.15, -0.1) is 0 Å². The highest BCUT2D eigenvalue weighted by atomic mass is 16.5. The van der Waals surface area contributed by atoms with Crippen LogP contribution < -0.4 is 16.0 Å². The lowest BCUT2D eigenvalue weighted by atomic mass is 9.98. The van der Waals surface area contributed by atoms with Gasteiger partial charge in [0.15, 0.2) is 0 Å². The molecule has 0 unspecified atom stereocenters. The fourth-order valence-corrected chi connectivity index (χ4v) is 3.59. The summed E-state index contributed by atoms with van der Waals surface area (Å²) in [6, 6.07) is 13.9. The molecule has 2 aromatic rings. The van der Waals surface area contributed by atoms with Crippen LogP contribution in [0.4, 0.5) is 11.4 Å². The van der Waals surface area contributed by atoms with E-state index in [1.54, 1.807) is 43.5 Å². The predicted molar refractivity (Wildman–Crippen MR) is 129 cm³/mol. The van der Waals surface area contributed by atoms with Crippen molar-refractivity contribution in [1.29, 1.82) is 0 Å². The number of hydrogen-bond donors (Lipinski definition) is 3. The van der Waals surface area contributed by atoms with Crippen molar-refractivity contribution in [3.8, 4) is 0 Å². The molecule has 1 aliphatic rings. The molecule has 0 saturated carbocycles. The Bertz CT molecular complexity index is 936. The van der Waals surface area contributed by atoms with Crippen LogP contribution in [0.25, 0.3) is 0 Å². The number of nitrogens with zero attached hydrogens (tertiary/aromatic N) is 1. The van der Waals surface area contributed by atoms with Crippen LogP contribution >= 0.6 is 0 Å². The Hall–Kier alpha value is -3.39.